The molecule has 29 heavy (non-hydrogen) atoms. The molecule has 148 valence electrons. The Morgan fingerprint density at radius 2 is 1.86 bits per heavy atom. The van der Waals surface area contributed by atoms with Gasteiger partial charge in [-0.05, 0) is 45.0 Å². The van der Waals surface area contributed by atoms with Crippen molar-refractivity contribution in [3.8, 4) is 10.6 Å². The summed E-state index contributed by atoms with van der Waals surface area (Å²) in [6.07, 6.45) is 0.275. The molecule has 0 aliphatic carbocycles. The van der Waals surface area contributed by atoms with Crippen molar-refractivity contribution in [1.82, 2.24) is 4.98 Å². The molecular weight excluding hydrogens is 404 g/mol. The molecule has 1 amide bonds. The Labute approximate surface area is 176 Å². The third-order valence-corrected chi connectivity index (χ3v) is 6.55. The lowest BCUT2D eigenvalue weighted by molar-refractivity contribution is -0.118. The van der Waals surface area contributed by atoms with E-state index in [9.17, 15) is 9.59 Å². The number of aromatic nitrogens is 1. The minimum atomic E-state index is -0.471. The number of ketones is 1. The summed E-state index contributed by atoms with van der Waals surface area (Å²) in [5.74, 6) is -0.349. The average molecular weight is 425 g/mol. The lowest BCUT2D eigenvalue weighted by Crippen LogP contribution is -2.33. The van der Waals surface area contributed by atoms with Crippen molar-refractivity contribution in [1.29, 1.82) is 0 Å². The van der Waals surface area contributed by atoms with E-state index in [-0.39, 0.29) is 18.1 Å². The Kier molecular flexibility index (Phi) is 5.29. The topological polar surface area (TPSA) is 74.7 Å². The van der Waals surface area contributed by atoms with E-state index in [0.717, 1.165) is 21.1 Å². The number of aryl methyl sites for hydroxylation is 2. The largest absolute Gasteiger partial charge is 0.298 e. The first kappa shape index (κ1) is 19.5. The van der Waals surface area contributed by atoms with E-state index in [0.29, 0.717) is 10.8 Å². The van der Waals surface area contributed by atoms with Crippen LogP contribution < -0.4 is 10.3 Å². The number of thiophene rings is 1. The van der Waals surface area contributed by atoms with Gasteiger partial charge in [0.05, 0.1) is 16.3 Å². The maximum Gasteiger partial charge on any atom is 0.273 e. The summed E-state index contributed by atoms with van der Waals surface area (Å²) in [5.41, 5.74) is 2.01. The van der Waals surface area contributed by atoms with Gasteiger partial charge in [-0.2, -0.15) is 5.10 Å². The molecule has 0 spiro atoms. The molecular formula is C21H20N4O2S2. The fourth-order valence-electron chi connectivity index (χ4n) is 3.19. The number of rotatable bonds is 5. The molecule has 1 aliphatic rings. The standard InChI is InChI=1S/C21H20N4O2S2/c1-12-9-10-18(28-12)19-14(3)29-21(22-19)23-20(27)16-11-17(13(2)26)25(24-16)15-7-5-4-6-8-15/h4-10,17H,11H2,1-3H3,(H,22,23,27). The van der Waals surface area contributed by atoms with Crippen LogP contribution in [0.4, 0.5) is 10.8 Å². The van der Waals surface area contributed by atoms with Crippen molar-refractivity contribution in [2.75, 3.05) is 10.3 Å². The van der Waals surface area contributed by atoms with Gasteiger partial charge in [-0.3, -0.25) is 19.9 Å². The Balaban J connectivity index is 1.55. The monoisotopic (exact) mass is 424 g/mol. The van der Waals surface area contributed by atoms with Crippen LogP contribution in [0.15, 0.2) is 47.6 Å². The van der Waals surface area contributed by atoms with Gasteiger partial charge in [0.25, 0.3) is 5.91 Å². The van der Waals surface area contributed by atoms with Crippen molar-refractivity contribution < 1.29 is 9.59 Å². The van der Waals surface area contributed by atoms with Gasteiger partial charge in [0.2, 0.25) is 0 Å². The number of hydrazone groups is 1. The number of hydrogen-bond donors (Lipinski definition) is 1. The Morgan fingerprint density at radius 3 is 2.52 bits per heavy atom. The fraction of sp³-hybridized carbons (Fsp3) is 0.238. The van der Waals surface area contributed by atoms with Crippen molar-refractivity contribution in [2.24, 2.45) is 5.10 Å². The first-order chi connectivity index (χ1) is 13.9. The third-order valence-electron chi connectivity index (χ3n) is 4.65. The van der Waals surface area contributed by atoms with Crippen LogP contribution in [0.1, 0.15) is 23.1 Å². The molecule has 6 nitrogen and oxygen atoms in total. The smallest absolute Gasteiger partial charge is 0.273 e. The number of carbonyl (C=O) groups is 2. The highest BCUT2D eigenvalue weighted by atomic mass is 32.1. The van der Waals surface area contributed by atoms with Gasteiger partial charge >= 0.3 is 0 Å². The van der Waals surface area contributed by atoms with Crippen LogP contribution in [0.25, 0.3) is 10.6 Å². The quantitative estimate of drug-likeness (QED) is 0.647. The molecule has 0 radical (unpaired) electrons. The lowest BCUT2D eigenvalue weighted by Gasteiger charge is -2.20. The zero-order valence-electron chi connectivity index (χ0n) is 16.3. The SMILES string of the molecule is CC(=O)C1CC(C(=O)Nc2nc(-c3ccc(C)s3)c(C)s2)=NN1c1ccccc1. The van der Waals surface area contributed by atoms with E-state index in [4.69, 9.17) is 0 Å². The normalized spacial score (nSPS) is 16.0. The fourth-order valence-corrected chi connectivity index (χ4v) is 4.99. The maximum absolute atomic E-state index is 12.8. The highest BCUT2D eigenvalue weighted by Crippen LogP contribution is 2.34. The number of nitrogens with zero attached hydrogens (tertiary/aromatic N) is 3. The van der Waals surface area contributed by atoms with E-state index < -0.39 is 6.04 Å². The van der Waals surface area contributed by atoms with Gasteiger partial charge < -0.3 is 0 Å². The predicted octanol–water partition coefficient (Wildman–Crippen LogP) is 4.65. The van der Waals surface area contributed by atoms with Crippen LogP contribution in [0.5, 0.6) is 0 Å². The first-order valence-corrected chi connectivity index (χ1v) is 10.8. The zero-order chi connectivity index (χ0) is 20.5. The molecule has 4 rings (SSSR count). The molecule has 8 heteroatoms. The van der Waals surface area contributed by atoms with E-state index in [1.165, 1.54) is 23.1 Å². The number of amides is 1. The Morgan fingerprint density at radius 1 is 1.10 bits per heavy atom. The van der Waals surface area contributed by atoms with Gasteiger partial charge in [-0.25, -0.2) is 4.98 Å². The number of carbonyl (C=O) groups excluding carboxylic acids is 2. The molecule has 1 atom stereocenters. The molecule has 0 saturated heterocycles. The van der Waals surface area contributed by atoms with Crippen LogP contribution in [0, 0.1) is 13.8 Å². The number of nitrogens with one attached hydrogen (secondary N) is 1. The molecule has 1 unspecified atom stereocenters. The summed E-state index contributed by atoms with van der Waals surface area (Å²) in [4.78, 5) is 32.9. The Bertz CT molecular complexity index is 1100. The molecule has 1 aromatic carbocycles. The molecule has 3 aromatic rings. The summed E-state index contributed by atoms with van der Waals surface area (Å²) < 4.78 is 0. The van der Waals surface area contributed by atoms with Crippen LogP contribution in [-0.4, -0.2) is 28.4 Å². The van der Waals surface area contributed by atoms with Crippen molar-refractivity contribution in [3.05, 3.63) is 52.2 Å². The average Bonchev–Trinajstić information content (AvgIpc) is 3.40. The zero-order valence-corrected chi connectivity index (χ0v) is 17.9. The third kappa shape index (κ3) is 3.99. The minimum absolute atomic E-state index is 0.0270. The highest BCUT2D eigenvalue weighted by molar-refractivity contribution is 7.18. The number of anilines is 2. The van der Waals surface area contributed by atoms with Gasteiger partial charge in [-0.15, -0.1) is 22.7 Å². The summed E-state index contributed by atoms with van der Waals surface area (Å²) in [6.45, 7) is 5.57. The molecule has 1 aliphatic heterocycles. The molecule has 2 aromatic heterocycles. The van der Waals surface area contributed by atoms with E-state index in [1.807, 2.05) is 43.3 Å². The summed E-state index contributed by atoms with van der Waals surface area (Å²) in [5, 5.41) is 9.47. The van der Waals surface area contributed by atoms with E-state index in [2.05, 4.69) is 28.4 Å². The van der Waals surface area contributed by atoms with E-state index >= 15 is 0 Å². The molecule has 3 heterocycles. The second-order valence-corrected chi connectivity index (χ2v) is 9.34. The highest BCUT2D eigenvalue weighted by Gasteiger charge is 2.34. The summed E-state index contributed by atoms with van der Waals surface area (Å²) in [7, 11) is 0. The van der Waals surface area contributed by atoms with Crippen LogP contribution >= 0.6 is 22.7 Å². The number of para-hydroxylation sites is 1. The minimum Gasteiger partial charge on any atom is -0.298 e. The van der Waals surface area contributed by atoms with E-state index in [1.54, 1.807) is 16.3 Å². The number of hydrogen-bond acceptors (Lipinski definition) is 7. The van der Waals surface area contributed by atoms with Crippen molar-refractivity contribution >= 4 is 50.9 Å². The first-order valence-electron chi connectivity index (χ1n) is 9.20. The number of thiazole rings is 1. The van der Waals surface area contributed by atoms with Crippen molar-refractivity contribution in [2.45, 2.75) is 33.2 Å². The molecule has 1 N–H and O–H groups in total. The van der Waals surface area contributed by atoms with Crippen molar-refractivity contribution in [3.63, 3.8) is 0 Å². The van der Waals surface area contributed by atoms with Gasteiger partial charge in [0.1, 0.15) is 11.8 Å². The lowest BCUT2D eigenvalue weighted by atomic mass is 10.1. The van der Waals surface area contributed by atoms with Crippen LogP contribution in [0.3, 0.4) is 0 Å². The van der Waals surface area contributed by atoms with Crippen LogP contribution in [0.2, 0.25) is 0 Å². The predicted molar refractivity (Wildman–Crippen MR) is 119 cm³/mol. The van der Waals surface area contributed by atoms with Gasteiger partial charge in [-0.1, -0.05) is 18.2 Å². The molecule has 0 fully saturated rings. The second-order valence-electron chi connectivity index (χ2n) is 6.85. The maximum atomic E-state index is 12.8. The molecule has 0 bridgehead atoms. The number of benzene rings is 1. The Hall–Kier alpha value is -2.84. The van der Waals surface area contributed by atoms with Gasteiger partial charge in [0.15, 0.2) is 10.9 Å². The molecule has 0 saturated carbocycles. The van der Waals surface area contributed by atoms with Gasteiger partial charge in [0, 0.05) is 16.2 Å². The second kappa shape index (κ2) is 7.88. The van der Waals surface area contributed by atoms with Crippen LogP contribution in [-0.2, 0) is 9.59 Å². The summed E-state index contributed by atoms with van der Waals surface area (Å²) in [6, 6.07) is 13.0. The summed E-state index contributed by atoms with van der Waals surface area (Å²) >= 11 is 3.12. The number of Topliss-reactive ketones (excluding diaryl/α,β-unsaturated/α-hetero) is 1.